The number of carbonyl (C=O) groups excluding carboxylic acids is 3. The van der Waals surface area contributed by atoms with Gasteiger partial charge in [-0.05, 0) is 31.4 Å². The van der Waals surface area contributed by atoms with Gasteiger partial charge in [0.2, 0.25) is 23.5 Å². The minimum absolute atomic E-state index is 0.0403. The molecule has 0 saturated carbocycles. The molecule has 0 spiro atoms. The predicted molar refractivity (Wildman–Crippen MR) is 116 cm³/mol. The van der Waals surface area contributed by atoms with E-state index in [0.717, 1.165) is 24.8 Å². The number of carbonyl (C=O) groups is 3. The number of morpholine rings is 1. The number of ketones is 1. The van der Waals surface area contributed by atoms with Crippen LogP contribution in [-0.4, -0.2) is 58.7 Å². The van der Waals surface area contributed by atoms with Gasteiger partial charge in [0.1, 0.15) is 11.2 Å². The van der Waals surface area contributed by atoms with Crippen LogP contribution in [0.15, 0.2) is 10.6 Å². The Balaban J connectivity index is 2.02. The molecule has 2 aromatic rings. The number of aromatic nitrogens is 2. The SMILES string of the molecule is CC[C@@H]1O[C@H](C(F)(F)F)CN2c3c(cc(-c4noc(C)n4)c(F)c3F)C[C@@](C(C)=O)(C(=O)NC(C)=O)[C@@H]12. The number of fused-ring (bicyclic) bond motifs is 3. The molecule has 4 rings (SSSR count). The van der Waals surface area contributed by atoms with E-state index in [2.05, 4.69) is 10.1 Å². The van der Waals surface area contributed by atoms with Gasteiger partial charge in [-0.25, -0.2) is 8.78 Å². The number of nitrogens with one attached hydrogen (secondary N) is 1. The largest absolute Gasteiger partial charge is 0.416 e. The van der Waals surface area contributed by atoms with Crippen molar-refractivity contribution in [2.45, 2.75) is 65.0 Å². The van der Waals surface area contributed by atoms with Crippen molar-refractivity contribution < 1.29 is 45.6 Å². The van der Waals surface area contributed by atoms with Gasteiger partial charge in [0, 0.05) is 13.8 Å². The molecule has 1 aromatic carbocycles. The Bertz CT molecular complexity index is 1280. The normalized spacial score (nSPS) is 25.3. The highest BCUT2D eigenvalue weighted by atomic mass is 19.4. The highest BCUT2D eigenvalue weighted by molar-refractivity contribution is 6.12. The third-order valence-electron chi connectivity index (χ3n) is 6.77. The zero-order valence-electron chi connectivity index (χ0n) is 20.2. The number of benzene rings is 1. The highest BCUT2D eigenvalue weighted by Crippen LogP contribution is 2.50. The van der Waals surface area contributed by atoms with Gasteiger partial charge in [-0.15, -0.1) is 0 Å². The maximum absolute atomic E-state index is 15.7. The maximum atomic E-state index is 15.7. The Hall–Kier alpha value is -3.42. The fourth-order valence-corrected chi connectivity index (χ4v) is 5.20. The van der Waals surface area contributed by atoms with E-state index in [4.69, 9.17) is 9.26 Å². The van der Waals surface area contributed by atoms with Gasteiger partial charge in [-0.3, -0.25) is 19.7 Å². The second-order valence-corrected chi connectivity index (χ2v) is 9.12. The van der Waals surface area contributed by atoms with E-state index in [1.54, 1.807) is 0 Å². The number of anilines is 1. The molecule has 1 saturated heterocycles. The van der Waals surface area contributed by atoms with Gasteiger partial charge in [-0.1, -0.05) is 12.1 Å². The van der Waals surface area contributed by atoms with Gasteiger partial charge < -0.3 is 14.2 Å². The summed E-state index contributed by atoms with van der Waals surface area (Å²) in [7, 11) is 0. The average Bonchev–Trinajstić information content (AvgIpc) is 3.24. The van der Waals surface area contributed by atoms with Crippen molar-refractivity contribution in [3.05, 3.63) is 29.2 Å². The lowest BCUT2D eigenvalue weighted by molar-refractivity contribution is -0.245. The van der Waals surface area contributed by atoms with E-state index in [1.807, 2.05) is 5.32 Å². The van der Waals surface area contributed by atoms with Crippen LogP contribution in [0.3, 0.4) is 0 Å². The molecule has 14 heteroatoms. The van der Waals surface area contributed by atoms with Crippen molar-refractivity contribution in [3.63, 3.8) is 0 Å². The van der Waals surface area contributed by atoms with Crippen LogP contribution in [0.4, 0.5) is 27.6 Å². The smallest absolute Gasteiger partial charge is 0.361 e. The summed E-state index contributed by atoms with van der Waals surface area (Å²) in [6, 6.07) is -0.390. The summed E-state index contributed by atoms with van der Waals surface area (Å²) >= 11 is 0. The Kier molecular flexibility index (Phi) is 6.59. The third kappa shape index (κ3) is 4.26. The van der Waals surface area contributed by atoms with Crippen LogP contribution >= 0.6 is 0 Å². The lowest BCUT2D eigenvalue weighted by atomic mass is 9.65. The number of Topliss-reactive ketones (excluding diaryl/α,β-unsaturated/α-hetero) is 1. The molecule has 0 radical (unpaired) electrons. The minimum atomic E-state index is -4.88. The van der Waals surface area contributed by atoms with Crippen molar-refractivity contribution >= 4 is 23.3 Å². The minimum Gasteiger partial charge on any atom is -0.361 e. The van der Waals surface area contributed by atoms with E-state index in [0.29, 0.717) is 0 Å². The van der Waals surface area contributed by atoms with Gasteiger partial charge in [0.25, 0.3) is 0 Å². The van der Waals surface area contributed by atoms with E-state index < -0.39 is 83.3 Å². The fraction of sp³-hybridized carbons (Fsp3) is 0.522. The number of aryl methyl sites for hydroxylation is 1. The maximum Gasteiger partial charge on any atom is 0.416 e. The number of alkyl halides is 3. The van der Waals surface area contributed by atoms with Crippen LogP contribution in [0.2, 0.25) is 0 Å². The number of hydrogen-bond donors (Lipinski definition) is 1. The van der Waals surface area contributed by atoms with Crippen LogP contribution in [0.5, 0.6) is 0 Å². The van der Waals surface area contributed by atoms with Gasteiger partial charge in [0.05, 0.1) is 29.9 Å². The molecular formula is C23H23F5N4O5. The van der Waals surface area contributed by atoms with Gasteiger partial charge in [0.15, 0.2) is 17.7 Å². The second kappa shape index (κ2) is 9.15. The summed E-state index contributed by atoms with van der Waals surface area (Å²) in [6.45, 7) is 3.95. The molecule has 37 heavy (non-hydrogen) atoms. The number of nitrogens with zero attached hydrogens (tertiary/aromatic N) is 3. The Morgan fingerprint density at radius 1 is 1.22 bits per heavy atom. The van der Waals surface area contributed by atoms with E-state index in [9.17, 15) is 27.6 Å². The van der Waals surface area contributed by atoms with Crippen molar-refractivity contribution in [3.8, 4) is 11.4 Å². The molecule has 0 aliphatic carbocycles. The van der Waals surface area contributed by atoms with Crippen LogP contribution in [0.1, 0.15) is 38.6 Å². The molecule has 1 aromatic heterocycles. The standard InChI is InChI=1S/C23H23F5N4O5/c1-5-14-19-22(9(2)33,21(35)29-10(3)34)7-12-6-13(20-30-11(4)37-31-20)16(24)17(25)18(12)32(19)8-15(36-14)23(26,27)28/h6,14-15,19H,5,7-8H2,1-4H3,(H,29,34,35)/t14-,15-,19+,22-/m0/s1. The lowest BCUT2D eigenvalue weighted by Gasteiger charge is -2.55. The summed E-state index contributed by atoms with van der Waals surface area (Å²) < 4.78 is 82.4. The first-order valence-electron chi connectivity index (χ1n) is 11.4. The molecule has 1 fully saturated rings. The van der Waals surface area contributed by atoms with Crippen LogP contribution < -0.4 is 10.2 Å². The molecule has 200 valence electrons. The number of halogens is 5. The van der Waals surface area contributed by atoms with Crippen molar-refractivity contribution in [2.75, 3.05) is 11.4 Å². The topological polar surface area (TPSA) is 115 Å². The highest BCUT2D eigenvalue weighted by Gasteiger charge is 2.63. The zero-order valence-corrected chi connectivity index (χ0v) is 20.2. The number of hydrogen-bond acceptors (Lipinski definition) is 8. The molecule has 0 unspecified atom stereocenters. The Morgan fingerprint density at radius 3 is 2.41 bits per heavy atom. The first-order valence-corrected chi connectivity index (χ1v) is 11.4. The van der Waals surface area contributed by atoms with Crippen LogP contribution in [0, 0.1) is 24.0 Å². The molecule has 2 amide bonds. The van der Waals surface area contributed by atoms with Crippen molar-refractivity contribution in [1.29, 1.82) is 0 Å². The van der Waals surface area contributed by atoms with Crippen LogP contribution in [0.25, 0.3) is 11.4 Å². The van der Waals surface area contributed by atoms with E-state index in [-0.39, 0.29) is 23.7 Å². The Morgan fingerprint density at radius 2 is 1.89 bits per heavy atom. The first-order chi connectivity index (χ1) is 17.2. The van der Waals surface area contributed by atoms with E-state index in [1.165, 1.54) is 13.8 Å². The van der Waals surface area contributed by atoms with Crippen molar-refractivity contribution in [1.82, 2.24) is 15.5 Å². The molecule has 1 N–H and O–H groups in total. The lowest BCUT2D eigenvalue weighted by Crippen LogP contribution is -2.71. The zero-order chi connectivity index (χ0) is 27.4. The molecule has 0 bridgehead atoms. The van der Waals surface area contributed by atoms with Crippen LogP contribution in [-0.2, 0) is 25.5 Å². The third-order valence-corrected chi connectivity index (χ3v) is 6.77. The molecule has 3 heterocycles. The molecule has 9 nitrogen and oxygen atoms in total. The number of rotatable bonds is 4. The quantitative estimate of drug-likeness (QED) is 0.474. The fourth-order valence-electron chi connectivity index (χ4n) is 5.20. The second-order valence-electron chi connectivity index (χ2n) is 9.12. The number of imide groups is 1. The van der Waals surface area contributed by atoms with E-state index >= 15 is 8.78 Å². The first kappa shape index (κ1) is 26.6. The number of ether oxygens (including phenoxy) is 1. The molecule has 2 aliphatic heterocycles. The molecular weight excluding hydrogens is 507 g/mol. The van der Waals surface area contributed by atoms with Gasteiger partial charge in [-0.2, -0.15) is 18.2 Å². The van der Waals surface area contributed by atoms with Crippen molar-refractivity contribution in [2.24, 2.45) is 5.41 Å². The molecule has 2 aliphatic rings. The summed E-state index contributed by atoms with van der Waals surface area (Å²) in [4.78, 5) is 43.1. The Labute approximate surface area is 207 Å². The van der Waals surface area contributed by atoms with Gasteiger partial charge >= 0.3 is 6.18 Å². The summed E-state index contributed by atoms with van der Waals surface area (Å²) in [5.41, 5.74) is -3.30. The predicted octanol–water partition coefficient (Wildman–Crippen LogP) is 3.03. The number of amides is 2. The average molecular weight is 530 g/mol. The monoisotopic (exact) mass is 530 g/mol. The summed E-state index contributed by atoms with van der Waals surface area (Å²) in [5, 5.41) is 5.62. The summed E-state index contributed by atoms with van der Waals surface area (Å²) in [5.74, 6) is -5.91. The summed E-state index contributed by atoms with van der Waals surface area (Å²) in [6.07, 6.45) is -9.34. The molecule has 4 atom stereocenters.